The zero-order valence-corrected chi connectivity index (χ0v) is 16.0. The molecular weight excluding hydrogens is 435 g/mol. The van der Waals surface area contributed by atoms with Gasteiger partial charge in [0.1, 0.15) is 0 Å². The lowest BCUT2D eigenvalue weighted by Gasteiger charge is -2.08. The molecule has 4 aromatic carbocycles. The fraction of sp³-hybridized carbons (Fsp3) is 0. The first kappa shape index (κ1) is 16.7. The second-order valence-electron chi connectivity index (χ2n) is 5.91. The zero-order valence-electron chi connectivity index (χ0n) is 13.8. The number of rotatable bonds is 3. The van der Waals surface area contributed by atoms with Crippen LogP contribution < -0.4 is 5.43 Å². The highest BCUT2D eigenvalue weighted by molar-refractivity contribution is 14.1. The highest BCUT2D eigenvalue weighted by Gasteiger charge is 2.08. The van der Waals surface area contributed by atoms with Crippen molar-refractivity contribution in [2.45, 2.75) is 0 Å². The maximum Gasteiger partial charge on any atom is 0.272 e. The number of nitrogens with zero attached hydrogens (tertiary/aromatic N) is 1. The van der Waals surface area contributed by atoms with Crippen molar-refractivity contribution in [3.05, 3.63) is 93.6 Å². The second kappa shape index (κ2) is 7.25. The minimum absolute atomic E-state index is 0.212. The fourth-order valence-corrected chi connectivity index (χ4v) is 3.68. The molecule has 3 nitrogen and oxygen atoms in total. The van der Waals surface area contributed by atoms with Gasteiger partial charge in [-0.3, -0.25) is 4.79 Å². The van der Waals surface area contributed by atoms with Gasteiger partial charge < -0.3 is 0 Å². The Balaban J connectivity index is 1.73. The standard InChI is InChI=1S/C22H15IN2O/c23-21-12-6-5-11-19(21)22(26)25-24-14-20-17-9-3-1-7-15(17)13-16-8-2-4-10-18(16)20/h1-14H,(H,25,26)/b24-14+. The minimum Gasteiger partial charge on any atom is -0.267 e. The summed E-state index contributed by atoms with van der Waals surface area (Å²) >= 11 is 2.15. The third-order valence-corrected chi connectivity index (χ3v) is 5.23. The van der Waals surface area contributed by atoms with Crippen molar-refractivity contribution >= 4 is 56.3 Å². The Morgan fingerprint density at radius 1 is 0.846 bits per heavy atom. The molecule has 4 rings (SSSR count). The van der Waals surface area contributed by atoms with Crippen LogP contribution in [0.15, 0.2) is 84.0 Å². The normalized spacial score (nSPS) is 11.3. The topological polar surface area (TPSA) is 41.5 Å². The number of fused-ring (bicyclic) bond motifs is 2. The van der Waals surface area contributed by atoms with Gasteiger partial charge in [0, 0.05) is 9.13 Å². The largest absolute Gasteiger partial charge is 0.272 e. The molecule has 0 radical (unpaired) electrons. The number of carbonyl (C=O) groups is 1. The van der Waals surface area contributed by atoms with Gasteiger partial charge in [0.15, 0.2) is 0 Å². The predicted molar refractivity (Wildman–Crippen MR) is 116 cm³/mol. The Labute approximate surface area is 164 Å². The van der Waals surface area contributed by atoms with Crippen molar-refractivity contribution in [1.29, 1.82) is 0 Å². The molecule has 4 aromatic rings. The number of hydrogen-bond acceptors (Lipinski definition) is 2. The van der Waals surface area contributed by atoms with Crippen molar-refractivity contribution in [3.8, 4) is 0 Å². The molecule has 0 spiro atoms. The summed E-state index contributed by atoms with van der Waals surface area (Å²) in [5, 5.41) is 8.75. The maximum absolute atomic E-state index is 12.4. The Bertz CT molecular complexity index is 1100. The highest BCUT2D eigenvalue weighted by Crippen LogP contribution is 2.27. The monoisotopic (exact) mass is 450 g/mol. The van der Waals surface area contributed by atoms with Gasteiger partial charge in [-0.1, -0.05) is 60.7 Å². The summed E-state index contributed by atoms with van der Waals surface area (Å²) in [6.07, 6.45) is 1.73. The molecular formula is C22H15IN2O. The summed E-state index contributed by atoms with van der Waals surface area (Å²) in [5.41, 5.74) is 4.26. The summed E-state index contributed by atoms with van der Waals surface area (Å²) in [5.74, 6) is -0.212. The van der Waals surface area contributed by atoms with Crippen LogP contribution in [-0.2, 0) is 0 Å². The van der Waals surface area contributed by atoms with E-state index in [4.69, 9.17) is 0 Å². The number of nitrogens with one attached hydrogen (secondary N) is 1. The van der Waals surface area contributed by atoms with Crippen LogP contribution in [0.4, 0.5) is 0 Å². The van der Waals surface area contributed by atoms with E-state index in [2.05, 4.69) is 63.4 Å². The molecule has 0 atom stereocenters. The van der Waals surface area contributed by atoms with Crippen LogP contribution in [0.25, 0.3) is 21.5 Å². The van der Waals surface area contributed by atoms with Crippen LogP contribution in [-0.4, -0.2) is 12.1 Å². The smallest absolute Gasteiger partial charge is 0.267 e. The van der Waals surface area contributed by atoms with Crippen LogP contribution in [0, 0.1) is 3.57 Å². The molecule has 0 aliphatic heterocycles. The Hall–Kier alpha value is -2.73. The van der Waals surface area contributed by atoms with Crippen molar-refractivity contribution in [2.24, 2.45) is 5.10 Å². The molecule has 0 aliphatic carbocycles. The molecule has 0 saturated carbocycles. The summed E-state index contributed by atoms with van der Waals surface area (Å²) in [7, 11) is 0. The van der Waals surface area contributed by atoms with Gasteiger partial charge >= 0.3 is 0 Å². The molecule has 0 fully saturated rings. The number of benzene rings is 4. The first-order chi connectivity index (χ1) is 12.7. The van der Waals surface area contributed by atoms with Gasteiger partial charge in [-0.15, -0.1) is 0 Å². The summed E-state index contributed by atoms with van der Waals surface area (Å²) < 4.78 is 0.897. The lowest BCUT2D eigenvalue weighted by Crippen LogP contribution is -2.18. The highest BCUT2D eigenvalue weighted by atomic mass is 127. The Morgan fingerprint density at radius 2 is 1.42 bits per heavy atom. The molecule has 0 bridgehead atoms. The van der Waals surface area contributed by atoms with Gasteiger partial charge in [0.2, 0.25) is 0 Å². The second-order valence-corrected chi connectivity index (χ2v) is 7.07. The summed E-state index contributed by atoms with van der Waals surface area (Å²) in [6, 6.07) is 26.0. The van der Waals surface area contributed by atoms with E-state index in [0.717, 1.165) is 30.7 Å². The van der Waals surface area contributed by atoms with Gasteiger partial charge in [-0.2, -0.15) is 5.10 Å². The van der Waals surface area contributed by atoms with Gasteiger partial charge in [0.05, 0.1) is 11.8 Å². The quantitative estimate of drug-likeness (QED) is 0.194. The van der Waals surface area contributed by atoms with Crippen molar-refractivity contribution in [1.82, 2.24) is 5.43 Å². The maximum atomic E-state index is 12.4. The first-order valence-electron chi connectivity index (χ1n) is 8.22. The van der Waals surface area contributed by atoms with E-state index in [1.165, 1.54) is 0 Å². The van der Waals surface area contributed by atoms with E-state index in [-0.39, 0.29) is 5.91 Å². The molecule has 26 heavy (non-hydrogen) atoms. The van der Waals surface area contributed by atoms with Crippen molar-refractivity contribution < 1.29 is 4.79 Å². The van der Waals surface area contributed by atoms with Gasteiger partial charge in [-0.25, -0.2) is 5.43 Å². The number of hydrazone groups is 1. The molecule has 0 aliphatic rings. The van der Waals surface area contributed by atoms with Crippen molar-refractivity contribution in [2.75, 3.05) is 0 Å². The minimum atomic E-state index is -0.212. The molecule has 126 valence electrons. The molecule has 4 heteroatoms. The SMILES string of the molecule is O=C(N/N=C/c1c2ccccc2cc2ccccc12)c1ccccc1I. The molecule has 0 unspecified atom stereocenters. The lowest BCUT2D eigenvalue weighted by molar-refractivity contribution is 0.0954. The van der Waals surface area contributed by atoms with Gasteiger partial charge in [-0.05, 0) is 62.3 Å². The number of amides is 1. The molecule has 1 amide bonds. The first-order valence-corrected chi connectivity index (χ1v) is 9.30. The zero-order chi connectivity index (χ0) is 17.9. The van der Waals surface area contributed by atoms with E-state index in [1.54, 1.807) is 12.3 Å². The predicted octanol–water partition coefficient (Wildman–Crippen LogP) is 5.36. The lowest BCUT2D eigenvalue weighted by atomic mass is 9.97. The van der Waals surface area contributed by atoms with E-state index in [9.17, 15) is 4.79 Å². The average molecular weight is 450 g/mol. The number of hydrogen-bond donors (Lipinski definition) is 1. The molecule has 0 saturated heterocycles. The molecule has 0 heterocycles. The Kier molecular flexibility index (Phi) is 4.67. The fourth-order valence-electron chi connectivity index (χ4n) is 3.05. The van der Waals surface area contributed by atoms with Gasteiger partial charge in [0.25, 0.3) is 5.91 Å². The number of carbonyl (C=O) groups excluding carboxylic acids is 1. The average Bonchev–Trinajstić information content (AvgIpc) is 2.67. The van der Waals surface area contributed by atoms with E-state index in [0.29, 0.717) is 5.56 Å². The molecule has 1 N–H and O–H groups in total. The van der Waals surface area contributed by atoms with E-state index in [1.807, 2.05) is 42.5 Å². The molecule has 0 aromatic heterocycles. The van der Waals surface area contributed by atoms with Crippen LogP contribution in [0.1, 0.15) is 15.9 Å². The summed E-state index contributed by atoms with van der Waals surface area (Å²) in [4.78, 5) is 12.4. The van der Waals surface area contributed by atoms with Crippen molar-refractivity contribution in [3.63, 3.8) is 0 Å². The van der Waals surface area contributed by atoms with Crippen LogP contribution >= 0.6 is 22.6 Å². The summed E-state index contributed by atoms with van der Waals surface area (Å²) in [6.45, 7) is 0. The van der Waals surface area contributed by atoms with Crippen LogP contribution in [0.3, 0.4) is 0 Å². The van der Waals surface area contributed by atoms with E-state index < -0.39 is 0 Å². The van der Waals surface area contributed by atoms with Crippen LogP contribution in [0.5, 0.6) is 0 Å². The third-order valence-electron chi connectivity index (χ3n) is 4.29. The van der Waals surface area contributed by atoms with E-state index >= 15 is 0 Å². The van der Waals surface area contributed by atoms with Crippen LogP contribution in [0.2, 0.25) is 0 Å². The Morgan fingerprint density at radius 3 is 2.08 bits per heavy atom. The third kappa shape index (κ3) is 3.20. The number of halogens is 1.